The minimum Gasteiger partial charge on any atom is -0.390 e. The monoisotopic (exact) mass is 192 g/mol. The topological polar surface area (TPSA) is 20.2 Å². The van der Waals surface area contributed by atoms with Gasteiger partial charge >= 0.3 is 0 Å². The average molecular weight is 192 g/mol. The molecule has 0 saturated carbocycles. The second-order valence-electron chi connectivity index (χ2n) is 4.61. The van der Waals surface area contributed by atoms with E-state index in [4.69, 9.17) is 0 Å². The van der Waals surface area contributed by atoms with Gasteiger partial charge in [-0.1, -0.05) is 44.2 Å². The normalized spacial score (nSPS) is 16.4. The molecular weight excluding hydrogens is 172 g/mol. The third kappa shape index (κ3) is 1.83. The highest BCUT2D eigenvalue weighted by Gasteiger charge is 2.39. The molecule has 1 rings (SSSR count). The number of hydrogen-bond donors (Lipinski definition) is 1. The number of aliphatic hydroxyl groups is 1. The van der Waals surface area contributed by atoms with Crippen LogP contribution in [0.25, 0.3) is 0 Å². The fourth-order valence-corrected chi connectivity index (χ4v) is 1.80. The van der Waals surface area contributed by atoms with Crippen LogP contribution in [0.1, 0.15) is 39.7 Å². The maximum Gasteiger partial charge on any atom is 0.0685 e. The summed E-state index contributed by atoms with van der Waals surface area (Å²) in [6.07, 6.45) is 0.931. The van der Waals surface area contributed by atoms with Crippen molar-refractivity contribution in [3.05, 3.63) is 35.9 Å². The van der Waals surface area contributed by atoms with Crippen molar-refractivity contribution in [2.45, 2.75) is 45.1 Å². The molecule has 0 spiro atoms. The van der Waals surface area contributed by atoms with E-state index < -0.39 is 5.60 Å². The van der Waals surface area contributed by atoms with Crippen molar-refractivity contribution in [2.75, 3.05) is 0 Å². The van der Waals surface area contributed by atoms with Gasteiger partial charge in [0, 0.05) is 5.41 Å². The molecular formula is C13H20O. The molecule has 1 atom stereocenters. The Bertz CT molecular complexity index is 284. The van der Waals surface area contributed by atoms with Crippen LogP contribution < -0.4 is 0 Å². The maximum absolute atomic E-state index is 10.2. The van der Waals surface area contributed by atoms with Crippen LogP contribution in [0.15, 0.2) is 30.3 Å². The molecule has 0 heterocycles. The van der Waals surface area contributed by atoms with Crippen LogP contribution >= 0.6 is 0 Å². The van der Waals surface area contributed by atoms with Gasteiger partial charge < -0.3 is 5.11 Å². The van der Waals surface area contributed by atoms with Crippen molar-refractivity contribution >= 4 is 0 Å². The van der Waals surface area contributed by atoms with Gasteiger partial charge in [-0.15, -0.1) is 0 Å². The van der Waals surface area contributed by atoms with E-state index in [1.165, 1.54) is 5.56 Å². The first-order valence-corrected chi connectivity index (χ1v) is 5.19. The van der Waals surface area contributed by atoms with Crippen LogP contribution in [0.5, 0.6) is 0 Å². The Balaban J connectivity index is 3.15. The molecule has 78 valence electrons. The highest BCUT2D eigenvalue weighted by Crippen LogP contribution is 2.37. The van der Waals surface area contributed by atoms with Crippen LogP contribution in [0.3, 0.4) is 0 Å². The number of hydrogen-bond acceptors (Lipinski definition) is 1. The van der Waals surface area contributed by atoms with E-state index in [9.17, 15) is 5.11 Å². The molecule has 0 bridgehead atoms. The van der Waals surface area contributed by atoms with E-state index in [1.807, 2.05) is 32.0 Å². The minimum atomic E-state index is -0.691. The molecule has 0 radical (unpaired) electrons. The lowest BCUT2D eigenvalue weighted by Gasteiger charge is -2.40. The molecule has 0 aliphatic carbocycles. The highest BCUT2D eigenvalue weighted by molar-refractivity contribution is 5.27. The molecule has 1 heteroatoms. The zero-order valence-electron chi connectivity index (χ0n) is 9.54. The molecule has 0 aromatic heterocycles. The van der Waals surface area contributed by atoms with Crippen molar-refractivity contribution in [2.24, 2.45) is 0 Å². The lowest BCUT2D eigenvalue weighted by molar-refractivity contribution is -0.00107. The second-order valence-corrected chi connectivity index (χ2v) is 4.61. The third-order valence-electron chi connectivity index (χ3n) is 3.47. The predicted molar refractivity (Wildman–Crippen MR) is 60.4 cm³/mol. The van der Waals surface area contributed by atoms with E-state index in [0.717, 1.165) is 6.42 Å². The van der Waals surface area contributed by atoms with Crippen LogP contribution in [0.4, 0.5) is 0 Å². The Kier molecular flexibility index (Phi) is 3.01. The molecule has 1 aromatic carbocycles. The Labute approximate surface area is 86.8 Å². The quantitative estimate of drug-likeness (QED) is 0.780. The Morgan fingerprint density at radius 2 is 1.57 bits per heavy atom. The first-order chi connectivity index (χ1) is 6.42. The lowest BCUT2D eigenvalue weighted by Crippen LogP contribution is -2.44. The Morgan fingerprint density at radius 3 is 1.93 bits per heavy atom. The summed E-state index contributed by atoms with van der Waals surface area (Å²) in [6, 6.07) is 10.2. The summed E-state index contributed by atoms with van der Waals surface area (Å²) in [5.41, 5.74) is 0.340. The zero-order chi connectivity index (χ0) is 10.8. The van der Waals surface area contributed by atoms with Crippen molar-refractivity contribution in [1.82, 2.24) is 0 Å². The standard InChI is InChI=1S/C13H20O/c1-5-13(4,12(2,3)14)11-9-7-6-8-10-11/h6-10,14H,5H2,1-4H3/t13-/m1/s1. The number of rotatable bonds is 3. The molecule has 0 amide bonds. The van der Waals surface area contributed by atoms with E-state index in [-0.39, 0.29) is 5.41 Å². The van der Waals surface area contributed by atoms with Gasteiger partial charge in [0.15, 0.2) is 0 Å². The fraction of sp³-hybridized carbons (Fsp3) is 0.538. The molecule has 0 aliphatic heterocycles. The Morgan fingerprint density at radius 1 is 1.07 bits per heavy atom. The molecule has 14 heavy (non-hydrogen) atoms. The second kappa shape index (κ2) is 3.74. The van der Waals surface area contributed by atoms with Gasteiger partial charge in [0.1, 0.15) is 0 Å². The summed E-state index contributed by atoms with van der Waals surface area (Å²) in [7, 11) is 0. The molecule has 0 unspecified atom stereocenters. The fourth-order valence-electron chi connectivity index (χ4n) is 1.80. The van der Waals surface area contributed by atoms with Gasteiger partial charge in [0.05, 0.1) is 5.60 Å². The van der Waals surface area contributed by atoms with Gasteiger partial charge in [0.2, 0.25) is 0 Å². The van der Waals surface area contributed by atoms with Crippen molar-refractivity contribution in [3.63, 3.8) is 0 Å². The van der Waals surface area contributed by atoms with Crippen molar-refractivity contribution in [3.8, 4) is 0 Å². The highest BCUT2D eigenvalue weighted by atomic mass is 16.3. The van der Waals surface area contributed by atoms with Gasteiger partial charge in [-0.3, -0.25) is 0 Å². The van der Waals surface area contributed by atoms with E-state index in [0.29, 0.717) is 0 Å². The first kappa shape index (κ1) is 11.3. The summed E-state index contributed by atoms with van der Waals surface area (Å²) >= 11 is 0. The van der Waals surface area contributed by atoms with Crippen molar-refractivity contribution in [1.29, 1.82) is 0 Å². The minimum absolute atomic E-state index is 0.172. The van der Waals surface area contributed by atoms with E-state index >= 15 is 0 Å². The number of benzene rings is 1. The summed E-state index contributed by atoms with van der Waals surface area (Å²) in [6.45, 7) is 7.99. The van der Waals surface area contributed by atoms with Gasteiger partial charge in [0.25, 0.3) is 0 Å². The Hall–Kier alpha value is -0.820. The van der Waals surface area contributed by atoms with Crippen molar-refractivity contribution < 1.29 is 5.11 Å². The van der Waals surface area contributed by atoms with Crippen LogP contribution in [0, 0.1) is 0 Å². The molecule has 1 N–H and O–H groups in total. The molecule has 1 nitrogen and oxygen atoms in total. The average Bonchev–Trinajstić information content (AvgIpc) is 2.16. The summed E-state index contributed by atoms with van der Waals surface area (Å²) in [5.74, 6) is 0. The van der Waals surface area contributed by atoms with Crippen LogP contribution in [-0.2, 0) is 5.41 Å². The molecule has 1 aromatic rings. The largest absolute Gasteiger partial charge is 0.390 e. The molecule has 0 aliphatic rings. The third-order valence-corrected chi connectivity index (χ3v) is 3.47. The smallest absolute Gasteiger partial charge is 0.0685 e. The first-order valence-electron chi connectivity index (χ1n) is 5.19. The van der Waals surface area contributed by atoms with E-state index in [2.05, 4.69) is 26.0 Å². The van der Waals surface area contributed by atoms with E-state index in [1.54, 1.807) is 0 Å². The SMILES string of the molecule is CC[C@](C)(c1ccccc1)C(C)(C)O. The summed E-state index contributed by atoms with van der Waals surface area (Å²) in [4.78, 5) is 0. The molecule has 0 fully saturated rings. The maximum atomic E-state index is 10.2. The van der Waals surface area contributed by atoms with Gasteiger partial charge in [-0.2, -0.15) is 0 Å². The zero-order valence-corrected chi connectivity index (χ0v) is 9.54. The van der Waals surface area contributed by atoms with Gasteiger partial charge in [-0.05, 0) is 25.8 Å². The lowest BCUT2D eigenvalue weighted by atomic mass is 9.68. The molecule has 0 saturated heterocycles. The predicted octanol–water partition coefficient (Wildman–Crippen LogP) is 3.13. The van der Waals surface area contributed by atoms with Gasteiger partial charge in [-0.25, -0.2) is 0 Å². The van der Waals surface area contributed by atoms with Crippen LogP contribution in [0.2, 0.25) is 0 Å². The summed E-state index contributed by atoms with van der Waals surface area (Å²) in [5, 5.41) is 10.2. The van der Waals surface area contributed by atoms with Crippen LogP contribution in [-0.4, -0.2) is 10.7 Å². The summed E-state index contributed by atoms with van der Waals surface area (Å²) < 4.78 is 0.